The maximum Gasteiger partial charge on any atom is 0.255 e. The van der Waals surface area contributed by atoms with Crippen LogP contribution in [-0.4, -0.2) is 55.6 Å². The van der Waals surface area contributed by atoms with Crippen molar-refractivity contribution >= 4 is 23.4 Å². The first-order chi connectivity index (χ1) is 12.5. The number of carbonyl (C=O) groups excluding carboxylic acids is 2. The lowest BCUT2D eigenvalue weighted by Crippen LogP contribution is -2.46. The number of aromatic nitrogens is 4. The largest absolute Gasteiger partial charge is 0.354 e. The van der Waals surface area contributed by atoms with E-state index in [2.05, 4.69) is 20.5 Å². The Labute approximate surface area is 156 Å². The molecule has 1 unspecified atom stereocenters. The zero-order chi connectivity index (χ0) is 18.7. The van der Waals surface area contributed by atoms with Crippen molar-refractivity contribution in [1.82, 2.24) is 30.0 Å². The maximum absolute atomic E-state index is 12.8. The third-order valence-electron chi connectivity index (χ3n) is 4.24. The van der Waals surface area contributed by atoms with E-state index in [0.29, 0.717) is 29.5 Å². The van der Waals surface area contributed by atoms with Crippen LogP contribution in [-0.2, 0) is 4.79 Å². The third-order valence-corrected chi connectivity index (χ3v) is 4.52. The molecule has 0 radical (unpaired) electrons. The third kappa shape index (κ3) is 4.01. The van der Waals surface area contributed by atoms with E-state index in [0.717, 1.165) is 12.8 Å². The van der Waals surface area contributed by atoms with E-state index in [1.54, 1.807) is 15.5 Å². The molecule has 0 aliphatic carbocycles. The topological polar surface area (TPSA) is 93.0 Å². The van der Waals surface area contributed by atoms with Gasteiger partial charge >= 0.3 is 0 Å². The van der Waals surface area contributed by atoms with Gasteiger partial charge in [0.1, 0.15) is 12.7 Å². The van der Waals surface area contributed by atoms with Crippen LogP contribution in [0, 0.1) is 5.92 Å². The number of nitrogens with zero attached hydrogens (tertiary/aromatic N) is 5. The van der Waals surface area contributed by atoms with Gasteiger partial charge in [0.25, 0.3) is 5.91 Å². The zero-order valence-corrected chi connectivity index (χ0v) is 15.5. The van der Waals surface area contributed by atoms with E-state index in [1.165, 1.54) is 18.9 Å². The highest BCUT2D eigenvalue weighted by Gasteiger charge is 2.29. The molecule has 0 aromatic carbocycles. The van der Waals surface area contributed by atoms with Gasteiger partial charge in [-0.05, 0) is 32.8 Å². The van der Waals surface area contributed by atoms with E-state index in [4.69, 9.17) is 11.6 Å². The summed E-state index contributed by atoms with van der Waals surface area (Å²) in [7, 11) is 0. The lowest BCUT2D eigenvalue weighted by molar-refractivity contribution is -0.126. The summed E-state index contributed by atoms with van der Waals surface area (Å²) in [6.45, 7) is 4.88. The molecule has 1 N–H and O–H groups in total. The summed E-state index contributed by atoms with van der Waals surface area (Å²) < 4.78 is 1.57. The number of piperidine rings is 1. The minimum atomic E-state index is -0.185. The molecule has 1 atom stereocenters. The predicted octanol–water partition coefficient (Wildman–Crippen LogP) is 1.69. The van der Waals surface area contributed by atoms with E-state index in [9.17, 15) is 9.59 Å². The van der Waals surface area contributed by atoms with Gasteiger partial charge in [0.2, 0.25) is 5.91 Å². The Bertz CT molecular complexity index is 793. The summed E-state index contributed by atoms with van der Waals surface area (Å²) in [6, 6.07) is 1.67. The van der Waals surface area contributed by atoms with Crippen molar-refractivity contribution < 1.29 is 9.59 Å². The minimum Gasteiger partial charge on any atom is -0.354 e. The van der Waals surface area contributed by atoms with Crippen LogP contribution in [0.3, 0.4) is 0 Å². The van der Waals surface area contributed by atoms with Crippen LogP contribution in [0.1, 0.15) is 37.0 Å². The molecule has 3 rings (SSSR count). The second kappa shape index (κ2) is 7.82. The molecule has 1 fully saturated rings. The normalized spacial score (nSPS) is 17.4. The summed E-state index contributed by atoms with van der Waals surface area (Å²) in [5, 5.41) is 10.7. The molecule has 0 spiro atoms. The summed E-state index contributed by atoms with van der Waals surface area (Å²) in [5.41, 5.74) is 0.400. The van der Waals surface area contributed by atoms with E-state index in [1.807, 2.05) is 13.8 Å². The van der Waals surface area contributed by atoms with Crippen molar-refractivity contribution in [3.63, 3.8) is 0 Å². The molecule has 9 heteroatoms. The van der Waals surface area contributed by atoms with Gasteiger partial charge in [0.05, 0.1) is 16.5 Å². The van der Waals surface area contributed by atoms with Crippen molar-refractivity contribution in [2.45, 2.75) is 32.7 Å². The van der Waals surface area contributed by atoms with Crippen LogP contribution < -0.4 is 5.32 Å². The molecule has 1 aliphatic rings. The lowest BCUT2D eigenvalue weighted by atomic mass is 9.96. The van der Waals surface area contributed by atoms with E-state index in [-0.39, 0.29) is 23.8 Å². The van der Waals surface area contributed by atoms with Crippen molar-refractivity contribution in [3.8, 4) is 5.82 Å². The second-order valence-corrected chi connectivity index (χ2v) is 7.06. The molecule has 2 amide bonds. The number of carbonyl (C=O) groups is 2. The fourth-order valence-electron chi connectivity index (χ4n) is 3.01. The minimum absolute atomic E-state index is 0.00314. The molecule has 26 heavy (non-hydrogen) atoms. The number of hydrogen-bond donors (Lipinski definition) is 1. The molecular formula is C17H21ClN6O2. The molecule has 2 aromatic heterocycles. The Morgan fingerprint density at radius 2 is 2.04 bits per heavy atom. The molecule has 138 valence electrons. The fourth-order valence-corrected chi connectivity index (χ4v) is 3.27. The number of pyridine rings is 1. The number of halogens is 1. The van der Waals surface area contributed by atoms with Gasteiger partial charge in [-0.1, -0.05) is 11.6 Å². The Hall–Kier alpha value is -2.48. The van der Waals surface area contributed by atoms with Crippen molar-refractivity contribution in [3.05, 3.63) is 35.5 Å². The molecule has 0 saturated carbocycles. The van der Waals surface area contributed by atoms with Crippen LogP contribution in [0.25, 0.3) is 5.82 Å². The number of amides is 2. The first-order valence-corrected chi connectivity index (χ1v) is 8.93. The van der Waals surface area contributed by atoms with Crippen molar-refractivity contribution in [2.24, 2.45) is 5.92 Å². The summed E-state index contributed by atoms with van der Waals surface area (Å²) in [4.78, 5) is 31.0. The van der Waals surface area contributed by atoms with E-state index >= 15 is 0 Å². The Balaban J connectivity index is 1.72. The Morgan fingerprint density at radius 1 is 1.31 bits per heavy atom. The van der Waals surface area contributed by atoms with Gasteiger partial charge < -0.3 is 10.2 Å². The first-order valence-electron chi connectivity index (χ1n) is 8.56. The monoisotopic (exact) mass is 376 g/mol. The molecule has 3 heterocycles. The number of hydrogen-bond acceptors (Lipinski definition) is 5. The smallest absolute Gasteiger partial charge is 0.255 e. The van der Waals surface area contributed by atoms with Crippen molar-refractivity contribution in [1.29, 1.82) is 0 Å². The lowest BCUT2D eigenvalue weighted by Gasteiger charge is -2.32. The maximum atomic E-state index is 12.8. The predicted molar refractivity (Wildman–Crippen MR) is 96.1 cm³/mol. The van der Waals surface area contributed by atoms with Crippen LogP contribution in [0.15, 0.2) is 24.9 Å². The number of rotatable bonds is 4. The first kappa shape index (κ1) is 18.3. The summed E-state index contributed by atoms with van der Waals surface area (Å²) in [6.07, 6.45) is 6.04. The standard InChI is InChI=1S/C17H21ClN6O2/c1-11(2)22-16(25)12-4-3-5-23(8-12)17(26)13-6-14(18)15(19-7-13)24-9-20-21-10-24/h6-7,9-12H,3-5,8H2,1-2H3,(H,22,25). The van der Waals surface area contributed by atoms with Gasteiger partial charge in [0.15, 0.2) is 5.82 Å². The van der Waals surface area contributed by atoms with Gasteiger partial charge in [0, 0.05) is 25.3 Å². The van der Waals surface area contributed by atoms with Crippen LogP contribution in [0.2, 0.25) is 5.02 Å². The molecule has 8 nitrogen and oxygen atoms in total. The Morgan fingerprint density at radius 3 is 2.69 bits per heavy atom. The SMILES string of the molecule is CC(C)NC(=O)C1CCCN(C(=O)c2cnc(-n3cnnc3)c(Cl)c2)C1. The van der Waals surface area contributed by atoms with Gasteiger partial charge in [-0.2, -0.15) is 0 Å². The quantitative estimate of drug-likeness (QED) is 0.876. The Kier molecular flexibility index (Phi) is 5.51. The summed E-state index contributed by atoms with van der Waals surface area (Å²) >= 11 is 6.27. The van der Waals surface area contributed by atoms with Gasteiger partial charge in [-0.3, -0.25) is 14.2 Å². The van der Waals surface area contributed by atoms with Crippen molar-refractivity contribution in [2.75, 3.05) is 13.1 Å². The average Bonchev–Trinajstić information content (AvgIpc) is 3.15. The average molecular weight is 377 g/mol. The van der Waals surface area contributed by atoms with Gasteiger partial charge in [-0.25, -0.2) is 4.98 Å². The fraction of sp³-hybridized carbons (Fsp3) is 0.471. The van der Waals surface area contributed by atoms with Crippen LogP contribution >= 0.6 is 11.6 Å². The molecule has 1 saturated heterocycles. The molecule has 1 aliphatic heterocycles. The highest BCUT2D eigenvalue weighted by Crippen LogP contribution is 2.22. The molecule has 0 bridgehead atoms. The van der Waals surface area contributed by atoms with Crippen LogP contribution in [0.4, 0.5) is 0 Å². The molecular weight excluding hydrogens is 356 g/mol. The van der Waals surface area contributed by atoms with Crippen LogP contribution in [0.5, 0.6) is 0 Å². The summed E-state index contributed by atoms with van der Waals surface area (Å²) in [5.74, 6) is 0.101. The number of nitrogens with one attached hydrogen (secondary N) is 1. The number of likely N-dealkylation sites (tertiary alicyclic amines) is 1. The molecule has 2 aromatic rings. The second-order valence-electron chi connectivity index (χ2n) is 6.65. The highest BCUT2D eigenvalue weighted by molar-refractivity contribution is 6.32. The van der Waals surface area contributed by atoms with Gasteiger partial charge in [-0.15, -0.1) is 10.2 Å². The highest BCUT2D eigenvalue weighted by atomic mass is 35.5. The zero-order valence-electron chi connectivity index (χ0n) is 14.7. The van der Waals surface area contributed by atoms with E-state index < -0.39 is 0 Å².